The topological polar surface area (TPSA) is 49.8 Å². The molecule has 4 nitrogen and oxygen atoms in total. The van der Waals surface area contributed by atoms with Gasteiger partial charge in [-0.15, -0.1) is 0 Å². The zero-order valence-corrected chi connectivity index (χ0v) is 18.5. The maximum Gasteiger partial charge on any atom is 0.266 e. The standard InChI is InChI=1S/C26H31NO3/c1-19-8-12-21(13-9-19)23-7-6-18-27(23)24(28)26(4,5)30-22-14-10-20(11-15-22)16-17-25(2,3)29/h8-15,23,29H,6-7,18H2,1-5H3. The highest BCUT2D eigenvalue weighted by Gasteiger charge is 2.40. The van der Waals surface area contributed by atoms with Crippen LogP contribution in [0.5, 0.6) is 5.75 Å². The van der Waals surface area contributed by atoms with Crippen LogP contribution in [0.2, 0.25) is 0 Å². The van der Waals surface area contributed by atoms with Crippen LogP contribution in [0.25, 0.3) is 0 Å². The van der Waals surface area contributed by atoms with Gasteiger partial charge in [-0.25, -0.2) is 0 Å². The van der Waals surface area contributed by atoms with Gasteiger partial charge >= 0.3 is 0 Å². The summed E-state index contributed by atoms with van der Waals surface area (Å²) in [6, 6.07) is 15.8. The Morgan fingerprint density at radius 3 is 2.30 bits per heavy atom. The van der Waals surface area contributed by atoms with Gasteiger partial charge in [0.05, 0.1) is 6.04 Å². The molecule has 30 heavy (non-hydrogen) atoms. The molecule has 0 aliphatic carbocycles. The molecule has 0 aromatic heterocycles. The fourth-order valence-electron chi connectivity index (χ4n) is 3.66. The Labute approximate surface area is 179 Å². The lowest BCUT2D eigenvalue weighted by Crippen LogP contribution is -2.48. The molecule has 1 unspecified atom stereocenters. The van der Waals surface area contributed by atoms with Crippen LogP contribution >= 0.6 is 0 Å². The number of aliphatic hydroxyl groups is 1. The summed E-state index contributed by atoms with van der Waals surface area (Å²) in [7, 11) is 0. The summed E-state index contributed by atoms with van der Waals surface area (Å²) < 4.78 is 6.09. The molecule has 1 amide bonds. The van der Waals surface area contributed by atoms with E-state index in [1.165, 1.54) is 11.1 Å². The Morgan fingerprint density at radius 1 is 1.07 bits per heavy atom. The summed E-state index contributed by atoms with van der Waals surface area (Å²) in [5.74, 6) is 6.34. The first-order valence-electron chi connectivity index (χ1n) is 10.5. The van der Waals surface area contributed by atoms with E-state index in [0.717, 1.165) is 24.9 Å². The van der Waals surface area contributed by atoms with Gasteiger partial charge in [-0.05, 0) is 77.3 Å². The Bertz CT molecular complexity index is 941. The number of hydrogen-bond donors (Lipinski definition) is 1. The summed E-state index contributed by atoms with van der Waals surface area (Å²) in [6.45, 7) is 9.75. The molecular formula is C26H31NO3. The molecule has 158 valence electrons. The molecule has 4 heteroatoms. The molecule has 0 bridgehead atoms. The van der Waals surface area contributed by atoms with Gasteiger partial charge < -0.3 is 14.7 Å². The first kappa shape index (κ1) is 21.9. The second kappa shape index (κ2) is 8.53. The van der Waals surface area contributed by atoms with Crippen LogP contribution in [0.4, 0.5) is 0 Å². The average Bonchev–Trinajstić information content (AvgIpc) is 3.16. The second-order valence-corrected chi connectivity index (χ2v) is 9.01. The van der Waals surface area contributed by atoms with Crippen LogP contribution in [0.15, 0.2) is 48.5 Å². The van der Waals surface area contributed by atoms with Gasteiger partial charge in [0.25, 0.3) is 5.91 Å². The smallest absolute Gasteiger partial charge is 0.266 e. The van der Waals surface area contributed by atoms with Gasteiger partial charge in [0.2, 0.25) is 0 Å². The fraction of sp³-hybridized carbons (Fsp3) is 0.423. The lowest BCUT2D eigenvalue weighted by Gasteiger charge is -2.33. The van der Waals surface area contributed by atoms with E-state index >= 15 is 0 Å². The van der Waals surface area contributed by atoms with E-state index in [2.05, 4.69) is 43.0 Å². The van der Waals surface area contributed by atoms with Crippen LogP contribution in [-0.4, -0.2) is 33.7 Å². The molecule has 0 radical (unpaired) electrons. The van der Waals surface area contributed by atoms with Crippen molar-refractivity contribution in [1.29, 1.82) is 0 Å². The molecule has 1 atom stereocenters. The van der Waals surface area contributed by atoms with Gasteiger partial charge in [-0.1, -0.05) is 41.7 Å². The lowest BCUT2D eigenvalue weighted by atomic mass is 10.0. The molecule has 1 saturated heterocycles. The quantitative estimate of drug-likeness (QED) is 0.754. The molecule has 2 aromatic carbocycles. The first-order valence-corrected chi connectivity index (χ1v) is 10.5. The van der Waals surface area contributed by atoms with Crippen molar-refractivity contribution in [2.75, 3.05) is 6.54 Å². The van der Waals surface area contributed by atoms with Crippen molar-refractivity contribution >= 4 is 5.91 Å². The van der Waals surface area contributed by atoms with E-state index in [0.29, 0.717) is 5.75 Å². The Hall–Kier alpha value is -2.77. The summed E-state index contributed by atoms with van der Waals surface area (Å²) in [5.41, 5.74) is 1.17. The largest absolute Gasteiger partial charge is 0.478 e. The van der Waals surface area contributed by atoms with Crippen molar-refractivity contribution in [3.63, 3.8) is 0 Å². The van der Waals surface area contributed by atoms with Crippen LogP contribution in [-0.2, 0) is 4.79 Å². The minimum Gasteiger partial charge on any atom is -0.478 e. The van der Waals surface area contributed by atoms with Crippen LogP contribution in [0.3, 0.4) is 0 Å². The molecule has 0 spiro atoms. The molecule has 1 heterocycles. The third-order valence-electron chi connectivity index (χ3n) is 5.23. The Morgan fingerprint density at radius 2 is 1.70 bits per heavy atom. The van der Waals surface area contributed by atoms with E-state index in [1.54, 1.807) is 13.8 Å². The molecule has 1 aliphatic heterocycles. The molecule has 2 aromatic rings. The normalized spacial score (nSPS) is 16.7. The minimum atomic E-state index is -1.03. The van der Waals surface area contributed by atoms with Crippen molar-refractivity contribution in [1.82, 2.24) is 4.90 Å². The Kier molecular flexibility index (Phi) is 6.24. The number of rotatable bonds is 4. The zero-order chi connectivity index (χ0) is 21.9. The number of nitrogens with zero attached hydrogens (tertiary/aromatic N) is 1. The van der Waals surface area contributed by atoms with E-state index in [1.807, 2.05) is 43.0 Å². The zero-order valence-electron chi connectivity index (χ0n) is 18.5. The van der Waals surface area contributed by atoms with Crippen LogP contribution in [0, 0.1) is 18.8 Å². The average molecular weight is 406 g/mol. The van der Waals surface area contributed by atoms with Crippen LogP contribution < -0.4 is 4.74 Å². The maximum absolute atomic E-state index is 13.4. The number of likely N-dealkylation sites (tertiary alicyclic amines) is 1. The summed E-state index contributed by atoms with van der Waals surface area (Å²) >= 11 is 0. The predicted octanol–water partition coefficient (Wildman–Crippen LogP) is 4.64. The number of ether oxygens (including phenoxy) is 1. The molecular weight excluding hydrogens is 374 g/mol. The molecule has 0 saturated carbocycles. The van der Waals surface area contributed by atoms with E-state index in [4.69, 9.17) is 4.74 Å². The van der Waals surface area contributed by atoms with Gasteiger partial charge in [-0.2, -0.15) is 0 Å². The summed E-state index contributed by atoms with van der Waals surface area (Å²) in [5, 5.41) is 9.73. The molecule has 3 rings (SSSR count). The number of benzene rings is 2. The van der Waals surface area contributed by atoms with Crippen molar-refractivity contribution < 1.29 is 14.6 Å². The highest BCUT2D eigenvalue weighted by atomic mass is 16.5. The third kappa shape index (κ3) is 5.43. The van der Waals surface area contributed by atoms with Crippen molar-refractivity contribution in [2.24, 2.45) is 0 Å². The van der Waals surface area contributed by atoms with Crippen molar-refractivity contribution in [3.8, 4) is 17.6 Å². The maximum atomic E-state index is 13.4. The second-order valence-electron chi connectivity index (χ2n) is 9.01. The number of amides is 1. The monoisotopic (exact) mass is 405 g/mol. The number of hydrogen-bond acceptors (Lipinski definition) is 3. The molecule has 1 aliphatic rings. The number of carbonyl (C=O) groups excluding carboxylic acids is 1. The van der Waals surface area contributed by atoms with Crippen LogP contribution in [0.1, 0.15) is 63.3 Å². The predicted molar refractivity (Wildman–Crippen MR) is 119 cm³/mol. The minimum absolute atomic E-state index is 0.00327. The number of carbonyl (C=O) groups is 1. The van der Waals surface area contributed by atoms with Crippen molar-refractivity contribution in [2.45, 2.75) is 64.7 Å². The first-order chi connectivity index (χ1) is 14.0. The lowest BCUT2D eigenvalue weighted by molar-refractivity contribution is -0.146. The van der Waals surface area contributed by atoms with Gasteiger partial charge in [0.1, 0.15) is 11.4 Å². The molecule has 1 N–H and O–H groups in total. The molecule has 1 fully saturated rings. The van der Waals surface area contributed by atoms with E-state index < -0.39 is 11.2 Å². The van der Waals surface area contributed by atoms with E-state index in [9.17, 15) is 9.90 Å². The highest BCUT2D eigenvalue weighted by Crippen LogP contribution is 2.34. The Balaban J connectivity index is 1.72. The van der Waals surface area contributed by atoms with Gasteiger partial charge in [0, 0.05) is 12.1 Å². The summed E-state index contributed by atoms with van der Waals surface area (Å²) in [6.07, 6.45) is 1.97. The van der Waals surface area contributed by atoms with Crippen molar-refractivity contribution in [3.05, 3.63) is 65.2 Å². The third-order valence-corrected chi connectivity index (χ3v) is 5.23. The fourth-order valence-corrected chi connectivity index (χ4v) is 3.66. The summed E-state index contributed by atoms with van der Waals surface area (Å²) in [4.78, 5) is 15.3. The highest BCUT2D eigenvalue weighted by molar-refractivity contribution is 5.85. The van der Waals surface area contributed by atoms with Gasteiger partial charge in [-0.3, -0.25) is 4.79 Å². The number of aryl methyl sites for hydroxylation is 1. The van der Waals surface area contributed by atoms with Gasteiger partial charge in [0.15, 0.2) is 5.60 Å². The van der Waals surface area contributed by atoms with E-state index in [-0.39, 0.29) is 11.9 Å². The SMILES string of the molecule is Cc1ccc(C2CCCN2C(=O)C(C)(C)Oc2ccc(C#CC(C)(C)O)cc2)cc1.